The molecule has 2 fully saturated rings. The first-order valence-corrected chi connectivity index (χ1v) is 7.35. The number of carbonyl (C=O) groups excluding carboxylic acids is 2. The summed E-state index contributed by atoms with van der Waals surface area (Å²) in [6.45, 7) is 6.58. The summed E-state index contributed by atoms with van der Waals surface area (Å²) in [5.74, 6) is 0.0319. The normalized spacial score (nSPS) is 29.8. The van der Waals surface area contributed by atoms with Crippen LogP contribution >= 0.6 is 0 Å². The van der Waals surface area contributed by atoms with Crippen molar-refractivity contribution in [3.05, 3.63) is 0 Å². The second-order valence-electron chi connectivity index (χ2n) is 6.95. The van der Waals surface area contributed by atoms with Crippen LogP contribution in [0.4, 0.5) is 4.79 Å². The van der Waals surface area contributed by atoms with Crippen LogP contribution in [0, 0.1) is 11.3 Å². The number of carbonyl (C=O) groups is 2. The summed E-state index contributed by atoms with van der Waals surface area (Å²) >= 11 is 0. The lowest BCUT2D eigenvalue weighted by atomic mass is 9.68. The standard InChI is InChI=1S/C15H25NO4/c1-14(2,3)20-13(18)16-9-11-7-5-6-8-15(11,10-16)12(17)19-4/h11H,5-10H2,1-4H3. The van der Waals surface area contributed by atoms with Crippen LogP contribution < -0.4 is 0 Å². The highest BCUT2D eigenvalue weighted by atomic mass is 16.6. The van der Waals surface area contributed by atoms with Crippen molar-refractivity contribution in [3.63, 3.8) is 0 Å². The minimum absolute atomic E-state index is 0.173. The van der Waals surface area contributed by atoms with Gasteiger partial charge in [0.1, 0.15) is 5.60 Å². The molecule has 0 aromatic carbocycles. The first kappa shape index (κ1) is 15.1. The highest BCUT2D eigenvalue weighted by Crippen LogP contribution is 2.47. The van der Waals surface area contributed by atoms with E-state index in [0.29, 0.717) is 13.1 Å². The molecule has 0 aromatic heterocycles. The molecular formula is C15H25NO4. The lowest BCUT2D eigenvalue weighted by molar-refractivity contribution is -0.156. The predicted molar refractivity (Wildman–Crippen MR) is 74.2 cm³/mol. The number of fused-ring (bicyclic) bond motifs is 1. The quantitative estimate of drug-likeness (QED) is 0.694. The van der Waals surface area contributed by atoms with Crippen molar-refractivity contribution in [2.24, 2.45) is 11.3 Å². The van der Waals surface area contributed by atoms with Crippen molar-refractivity contribution in [2.45, 2.75) is 52.1 Å². The topological polar surface area (TPSA) is 55.8 Å². The van der Waals surface area contributed by atoms with E-state index in [4.69, 9.17) is 9.47 Å². The van der Waals surface area contributed by atoms with Crippen molar-refractivity contribution in [2.75, 3.05) is 20.2 Å². The molecule has 1 saturated carbocycles. The van der Waals surface area contributed by atoms with Crippen LogP contribution in [0.15, 0.2) is 0 Å². The molecule has 0 aromatic rings. The molecule has 114 valence electrons. The van der Waals surface area contributed by atoms with Gasteiger partial charge in [0.05, 0.1) is 12.5 Å². The van der Waals surface area contributed by atoms with Gasteiger partial charge >= 0.3 is 12.1 Å². The van der Waals surface area contributed by atoms with Gasteiger partial charge in [0, 0.05) is 13.1 Å². The van der Waals surface area contributed by atoms with Crippen molar-refractivity contribution in [3.8, 4) is 0 Å². The van der Waals surface area contributed by atoms with Crippen LogP contribution in [-0.4, -0.2) is 42.8 Å². The summed E-state index contributed by atoms with van der Waals surface area (Å²) in [7, 11) is 1.43. The zero-order valence-electron chi connectivity index (χ0n) is 12.9. The number of ether oxygens (including phenoxy) is 2. The van der Waals surface area contributed by atoms with Gasteiger partial charge in [0.2, 0.25) is 0 Å². The Morgan fingerprint density at radius 3 is 2.55 bits per heavy atom. The Bertz CT molecular complexity index is 401. The van der Waals surface area contributed by atoms with Gasteiger partial charge in [-0.1, -0.05) is 12.8 Å². The fourth-order valence-corrected chi connectivity index (χ4v) is 3.46. The van der Waals surface area contributed by atoms with Crippen LogP contribution in [0.5, 0.6) is 0 Å². The molecule has 1 aliphatic heterocycles. The van der Waals surface area contributed by atoms with E-state index in [2.05, 4.69) is 0 Å². The monoisotopic (exact) mass is 283 g/mol. The van der Waals surface area contributed by atoms with E-state index in [1.165, 1.54) is 7.11 Å². The molecule has 1 saturated heterocycles. The molecule has 2 unspecified atom stereocenters. The first-order valence-electron chi connectivity index (χ1n) is 7.35. The molecule has 20 heavy (non-hydrogen) atoms. The third kappa shape index (κ3) is 2.76. The lowest BCUT2D eigenvalue weighted by Crippen LogP contribution is -2.43. The van der Waals surface area contributed by atoms with Crippen LogP contribution in [0.1, 0.15) is 46.5 Å². The molecule has 0 bridgehead atoms. The fraction of sp³-hybridized carbons (Fsp3) is 0.867. The molecule has 1 aliphatic carbocycles. The van der Waals surface area contributed by atoms with Crippen molar-refractivity contribution < 1.29 is 19.1 Å². The number of hydrogen-bond donors (Lipinski definition) is 0. The number of hydrogen-bond acceptors (Lipinski definition) is 4. The van der Waals surface area contributed by atoms with Crippen molar-refractivity contribution >= 4 is 12.1 Å². The maximum absolute atomic E-state index is 12.2. The highest BCUT2D eigenvalue weighted by molar-refractivity contribution is 5.80. The van der Waals surface area contributed by atoms with E-state index in [1.807, 2.05) is 20.8 Å². The zero-order chi connectivity index (χ0) is 15.0. The second kappa shape index (κ2) is 5.26. The number of methoxy groups -OCH3 is 1. The maximum Gasteiger partial charge on any atom is 0.410 e. The fourth-order valence-electron chi connectivity index (χ4n) is 3.46. The Morgan fingerprint density at radius 1 is 1.25 bits per heavy atom. The molecule has 5 heteroatoms. The molecular weight excluding hydrogens is 258 g/mol. The molecule has 1 heterocycles. The first-order chi connectivity index (χ1) is 9.28. The third-order valence-corrected chi connectivity index (χ3v) is 4.36. The lowest BCUT2D eigenvalue weighted by Gasteiger charge is -2.35. The molecule has 5 nitrogen and oxygen atoms in total. The largest absolute Gasteiger partial charge is 0.469 e. The van der Waals surface area contributed by atoms with Gasteiger partial charge in [0.15, 0.2) is 0 Å². The third-order valence-electron chi connectivity index (χ3n) is 4.36. The molecule has 0 radical (unpaired) electrons. The van der Waals surface area contributed by atoms with Crippen LogP contribution in [0.3, 0.4) is 0 Å². The number of nitrogens with zero attached hydrogens (tertiary/aromatic N) is 1. The van der Waals surface area contributed by atoms with Gasteiger partial charge < -0.3 is 14.4 Å². The van der Waals surface area contributed by atoms with Gasteiger partial charge in [0.25, 0.3) is 0 Å². The number of amides is 1. The summed E-state index contributed by atoms with van der Waals surface area (Å²) < 4.78 is 10.4. The SMILES string of the molecule is COC(=O)C12CCCCC1CN(C(=O)OC(C)(C)C)C2. The molecule has 0 N–H and O–H groups in total. The van der Waals surface area contributed by atoms with Gasteiger partial charge in [-0.05, 0) is 39.5 Å². The predicted octanol–water partition coefficient (Wildman–Crippen LogP) is 2.59. The van der Waals surface area contributed by atoms with E-state index in [9.17, 15) is 9.59 Å². The van der Waals surface area contributed by atoms with Crippen LogP contribution in [0.25, 0.3) is 0 Å². The summed E-state index contributed by atoms with van der Waals surface area (Å²) in [6, 6.07) is 0. The Hall–Kier alpha value is -1.26. The number of rotatable bonds is 1. The highest BCUT2D eigenvalue weighted by Gasteiger charge is 2.55. The van der Waals surface area contributed by atoms with Gasteiger partial charge in [-0.25, -0.2) is 4.79 Å². The smallest absolute Gasteiger partial charge is 0.410 e. The van der Waals surface area contributed by atoms with E-state index in [-0.39, 0.29) is 18.0 Å². The van der Waals surface area contributed by atoms with Gasteiger partial charge in [-0.15, -0.1) is 0 Å². The minimum Gasteiger partial charge on any atom is -0.469 e. The average Bonchev–Trinajstić information content (AvgIpc) is 2.76. The Morgan fingerprint density at radius 2 is 1.95 bits per heavy atom. The van der Waals surface area contributed by atoms with Gasteiger partial charge in [-0.2, -0.15) is 0 Å². The second-order valence-corrected chi connectivity index (χ2v) is 6.95. The maximum atomic E-state index is 12.2. The van der Waals surface area contributed by atoms with Gasteiger partial charge in [-0.3, -0.25) is 4.79 Å². The van der Waals surface area contributed by atoms with E-state index < -0.39 is 11.0 Å². The number of esters is 1. The molecule has 2 rings (SSSR count). The van der Waals surface area contributed by atoms with Crippen molar-refractivity contribution in [1.29, 1.82) is 0 Å². The van der Waals surface area contributed by atoms with E-state index >= 15 is 0 Å². The summed E-state index contributed by atoms with van der Waals surface area (Å²) in [6.07, 6.45) is 3.60. The summed E-state index contributed by atoms with van der Waals surface area (Å²) in [4.78, 5) is 26.1. The number of likely N-dealkylation sites (tertiary alicyclic amines) is 1. The Balaban J connectivity index is 2.14. The zero-order valence-corrected chi connectivity index (χ0v) is 12.9. The van der Waals surface area contributed by atoms with Crippen molar-refractivity contribution in [1.82, 2.24) is 4.90 Å². The molecule has 2 atom stereocenters. The Kier molecular flexibility index (Phi) is 3.98. The van der Waals surface area contributed by atoms with Crippen LogP contribution in [-0.2, 0) is 14.3 Å². The summed E-state index contributed by atoms with van der Waals surface area (Å²) in [5.41, 5.74) is -1.02. The summed E-state index contributed by atoms with van der Waals surface area (Å²) in [5, 5.41) is 0. The molecule has 1 amide bonds. The average molecular weight is 283 g/mol. The molecule has 0 spiro atoms. The minimum atomic E-state index is -0.511. The van der Waals surface area contributed by atoms with E-state index in [1.54, 1.807) is 4.90 Å². The van der Waals surface area contributed by atoms with E-state index in [0.717, 1.165) is 25.7 Å². The van der Waals surface area contributed by atoms with Crippen LogP contribution in [0.2, 0.25) is 0 Å². The Labute approximate surface area is 120 Å². The molecule has 2 aliphatic rings.